The molecule has 0 aliphatic heterocycles. The topological polar surface area (TPSA) is 96.5 Å². The first-order chi connectivity index (χ1) is 27.7. The highest BCUT2D eigenvalue weighted by Gasteiger charge is 2.20. The van der Waals surface area contributed by atoms with Gasteiger partial charge in [-0.2, -0.15) is 0 Å². The first kappa shape index (κ1) is 29.5. The first-order valence-electron chi connectivity index (χ1n) is 18.4. The van der Waals surface area contributed by atoms with Crippen molar-refractivity contribution in [2.75, 3.05) is 0 Å². The maximum atomic E-state index is 6.31. The van der Waals surface area contributed by atoms with E-state index < -0.39 is 0 Å². The van der Waals surface area contributed by atoms with Crippen molar-refractivity contribution in [2.24, 2.45) is 0 Å². The average Bonchev–Trinajstić information content (AvgIpc) is 4.09. The molecule has 262 valence electrons. The van der Waals surface area contributed by atoms with E-state index in [4.69, 9.17) is 28.8 Å². The fourth-order valence-electron chi connectivity index (χ4n) is 8.31. The minimum atomic E-state index is 0.529. The number of rotatable bonds is 4. The number of benzene rings is 7. The van der Waals surface area contributed by atoms with Crippen LogP contribution in [0.1, 0.15) is 0 Å². The van der Waals surface area contributed by atoms with Crippen molar-refractivity contribution in [3.63, 3.8) is 0 Å². The number of para-hydroxylation sites is 8. The summed E-state index contributed by atoms with van der Waals surface area (Å²) in [6.45, 7) is 0. The smallest absolute Gasteiger partial charge is 0.227 e. The Morgan fingerprint density at radius 1 is 0.339 bits per heavy atom. The molecule has 6 heterocycles. The monoisotopic (exact) mass is 722 g/mol. The van der Waals surface area contributed by atoms with Crippen LogP contribution in [0.25, 0.3) is 112 Å². The second-order valence-electron chi connectivity index (χ2n) is 14.0. The number of oxazole rings is 2. The number of aromatic nitrogens is 8. The molecule has 0 N–H and O–H groups in total. The Morgan fingerprint density at radius 3 is 1.14 bits per heavy atom. The zero-order valence-electron chi connectivity index (χ0n) is 29.4. The van der Waals surface area contributed by atoms with Crippen molar-refractivity contribution >= 4 is 77.9 Å². The van der Waals surface area contributed by atoms with Crippen molar-refractivity contribution in [3.8, 4) is 34.3 Å². The van der Waals surface area contributed by atoms with Crippen molar-refractivity contribution in [2.45, 2.75) is 0 Å². The van der Waals surface area contributed by atoms with Gasteiger partial charge >= 0.3 is 0 Å². The van der Waals surface area contributed by atoms with Crippen LogP contribution in [0.5, 0.6) is 0 Å². The molecule has 6 aromatic heterocycles. The van der Waals surface area contributed by atoms with Crippen LogP contribution in [0, 0.1) is 0 Å². The maximum Gasteiger partial charge on any atom is 0.227 e. The molecule has 0 bridgehead atoms. The van der Waals surface area contributed by atoms with Crippen molar-refractivity contribution < 1.29 is 8.83 Å². The van der Waals surface area contributed by atoms with E-state index in [0.717, 1.165) is 78.2 Å². The Morgan fingerprint density at radius 2 is 0.714 bits per heavy atom. The second-order valence-corrected chi connectivity index (χ2v) is 14.0. The number of nitrogens with zero attached hydrogens (tertiary/aromatic N) is 8. The summed E-state index contributed by atoms with van der Waals surface area (Å²) in [4.78, 5) is 19.7. The summed E-state index contributed by atoms with van der Waals surface area (Å²) in [5.41, 5.74) is 14.9. The van der Waals surface area contributed by atoms with E-state index in [0.29, 0.717) is 34.0 Å². The van der Waals surface area contributed by atoms with E-state index in [1.165, 1.54) is 0 Å². The van der Waals surface area contributed by atoms with Gasteiger partial charge in [0, 0.05) is 34.6 Å². The third kappa shape index (κ3) is 4.04. The Kier molecular flexibility index (Phi) is 5.68. The predicted octanol–water partition coefficient (Wildman–Crippen LogP) is 10.8. The molecule has 7 aromatic carbocycles. The van der Waals surface area contributed by atoms with Crippen LogP contribution < -0.4 is 0 Å². The molecule has 0 aliphatic carbocycles. The number of hydrogen-bond acceptors (Lipinski definition) is 6. The van der Waals surface area contributed by atoms with Crippen molar-refractivity contribution in [3.05, 3.63) is 158 Å². The molecule has 0 aliphatic rings. The van der Waals surface area contributed by atoms with Crippen molar-refractivity contribution in [1.82, 2.24) is 37.9 Å². The second kappa shape index (κ2) is 10.8. The molecular weight excluding hydrogens is 697 g/mol. The van der Waals surface area contributed by atoms with Gasteiger partial charge in [0.05, 0.1) is 44.1 Å². The summed E-state index contributed by atoms with van der Waals surface area (Å²) >= 11 is 0. The van der Waals surface area contributed by atoms with Gasteiger partial charge in [0.25, 0.3) is 0 Å². The molecule has 0 amide bonds. The van der Waals surface area contributed by atoms with Gasteiger partial charge in [-0.1, -0.05) is 48.5 Å². The SMILES string of the molecule is c1ccc2c(c1)nc1n(-c3ccc(-c4nc5cc6oc(-c7ccc(-n8c9ccccc9n9c%10ccccc%10nc89)cc7)nc6cc5o4)cc3)c3ccccc3n21. The molecule has 10 heteroatoms. The van der Waals surface area contributed by atoms with Crippen LogP contribution in [0.3, 0.4) is 0 Å². The highest BCUT2D eigenvalue weighted by molar-refractivity contribution is 5.94. The molecule has 0 radical (unpaired) electrons. The van der Waals surface area contributed by atoms with Gasteiger partial charge in [-0.15, -0.1) is 0 Å². The minimum Gasteiger partial charge on any atom is -0.436 e. The lowest BCUT2D eigenvalue weighted by Gasteiger charge is -2.06. The third-order valence-electron chi connectivity index (χ3n) is 10.9. The van der Waals surface area contributed by atoms with E-state index in [1.807, 2.05) is 48.5 Å². The molecule has 13 aromatic rings. The Hall–Kier alpha value is -7.98. The predicted molar refractivity (Wildman–Crippen MR) is 219 cm³/mol. The van der Waals surface area contributed by atoms with Crippen LogP contribution in [0.15, 0.2) is 167 Å². The van der Waals surface area contributed by atoms with Crippen LogP contribution in [-0.2, 0) is 0 Å². The zero-order valence-corrected chi connectivity index (χ0v) is 29.4. The molecular formula is C46H26N8O2. The van der Waals surface area contributed by atoms with Crippen LogP contribution in [-0.4, -0.2) is 37.9 Å². The van der Waals surface area contributed by atoms with Gasteiger partial charge in [-0.3, -0.25) is 17.9 Å². The summed E-state index contributed by atoms with van der Waals surface area (Å²) in [6, 6.07) is 53.5. The third-order valence-corrected chi connectivity index (χ3v) is 10.9. The van der Waals surface area contributed by atoms with Gasteiger partial charge in [0.2, 0.25) is 23.3 Å². The van der Waals surface area contributed by atoms with Crippen LogP contribution in [0.4, 0.5) is 0 Å². The van der Waals surface area contributed by atoms with Gasteiger partial charge in [-0.25, -0.2) is 19.9 Å². The van der Waals surface area contributed by atoms with E-state index in [1.54, 1.807) is 0 Å². The fourth-order valence-corrected chi connectivity index (χ4v) is 8.31. The molecule has 0 spiro atoms. The van der Waals surface area contributed by atoms with Gasteiger partial charge in [0.1, 0.15) is 11.0 Å². The quantitative estimate of drug-likeness (QED) is 0.179. The standard InChI is InChI=1S/C46H26N8O2/c1-3-11-35-31(9-1)49-45-51(37-13-5-7-15-39(37)53(35)45)29-21-17-27(18-22-29)43-47-33-25-42-34(26-41(33)55-43)48-44(56-42)28-19-23-30(24-20-28)52-38-14-6-8-16-40(38)54-36-12-4-2-10-32(36)50-46(52)54/h1-26H. The molecule has 0 saturated heterocycles. The lowest BCUT2D eigenvalue weighted by Crippen LogP contribution is -1.95. The number of fused-ring (bicyclic) bond motifs is 12. The average molecular weight is 723 g/mol. The van der Waals surface area contributed by atoms with Crippen LogP contribution >= 0.6 is 0 Å². The fraction of sp³-hybridized carbons (Fsp3) is 0. The zero-order chi connectivity index (χ0) is 36.5. The Balaban J connectivity index is 0.833. The van der Waals surface area contributed by atoms with E-state index in [-0.39, 0.29) is 0 Å². The lowest BCUT2D eigenvalue weighted by molar-refractivity contribution is 0.618. The molecule has 13 rings (SSSR count). The Bertz CT molecular complexity index is 3410. The highest BCUT2D eigenvalue weighted by Crippen LogP contribution is 2.34. The normalized spacial score (nSPS) is 12.3. The van der Waals surface area contributed by atoms with Gasteiger partial charge < -0.3 is 8.83 Å². The van der Waals surface area contributed by atoms with E-state index in [9.17, 15) is 0 Å². The van der Waals surface area contributed by atoms with Gasteiger partial charge in [-0.05, 0) is 97.1 Å². The molecule has 0 unspecified atom stereocenters. The summed E-state index contributed by atoms with van der Waals surface area (Å²) < 4.78 is 21.4. The first-order valence-corrected chi connectivity index (χ1v) is 18.4. The van der Waals surface area contributed by atoms with E-state index >= 15 is 0 Å². The molecule has 0 atom stereocenters. The summed E-state index contributed by atoms with van der Waals surface area (Å²) in [7, 11) is 0. The maximum absolute atomic E-state index is 6.31. The summed E-state index contributed by atoms with van der Waals surface area (Å²) in [5, 5.41) is 0. The van der Waals surface area contributed by atoms with Crippen molar-refractivity contribution in [1.29, 1.82) is 0 Å². The number of hydrogen-bond donors (Lipinski definition) is 0. The minimum absolute atomic E-state index is 0.529. The largest absolute Gasteiger partial charge is 0.436 e. The van der Waals surface area contributed by atoms with E-state index in [2.05, 4.69) is 127 Å². The van der Waals surface area contributed by atoms with Crippen LogP contribution in [0.2, 0.25) is 0 Å². The summed E-state index contributed by atoms with van der Waals surface area (Å²) in [6.07, 6.45) is 0. The molecule has 0 saturated carbocycles. The molecule has 0 fully saturated rings. The Labute approximate surface area is 315 Å². The van der Waals surface area contributed by atoms with Gasteiger partial charge in [0.15, 0.2) is 11.2 Å². The summed E-state index contributed by atoms with van der Waals surface area (Å²) in [5.74, 6) is 2.79. The molecule has 10 nitrogen and oxygen atoms in total. The number of imidazole rings is 4. The lowest BCUT2D eigenvalue weighted by atomic mass is 10.2. The molecule has 56 heavy (non-hydrogen) atoms. The highest BCUT2D eigenvalue weighted by atomic mass is 16.4.